The van der Waals surface area contributed by atoms with Crippen LogP contribution >= 0.6 is 23.1 Å². The Kier molecular flexibility index (Phi) is 8.08. The van der Waals surface area contributed by atoms with Gasteiger partial charge in [-0.15, -0.1) is 10.2 Å². The number of halogens is 1. The van der Waals surface area contributed by atoms with E-state index in [4.69, 9.17) is 9.15 Å². The van der Waals surface area contributed by atoms with Crippen molar-refractivity contribution in [2.75, 3.05) is 4.90 Å². The number of aliphatic hydroxyl groups is 1. The highest BCUT2D eigenvalue weighted by Gasteiger charge is 2.46. The molecule has 43 heavy (non-hydrogen) atoms. The van der Waals surface area contributed by atoms with Crippen LogP contribution in [-0.2, 0) is 17.2 Å². The lowest BCUT2D eigenvalue weighted by Gasteiger charge is -2.24. The number of furan rings is 1. The van der Waals surface area contributed by atoms with E-state index in [0.717, 1.165) is 22.5 Å². The van der Waals surface area contributed by atoms with Crippen LogP contribution in [0.25, 0.3) is 0 Å². The molecule has 1 N–H and O–H groups in total. The zero-order valence-electron chi connectivity index (χ0n) is 22.8. The van der Waals surface area contributed by atoms with Crippen molar-refractivity contribution in [3.63, 3.8) is 0 Å². The Morgan fingerprint density at radius 2 is 1.74 bits per heavy atom. The van der Waals surface area contributed by atoms with Gasteiger partial charge < -0.3 is 14.3 Å². The molecule has 0 fully saturated rings. The third-order valence-electron chi connectivity index (χ3n) is 6.74. The number of anilines is 1. The first kappa shape index (κ1) is 28.4. The summed E-state index contributed by atoms with van der Waals surface area (Å²) in [5, 5.41) is 19.7. The molecule has 0 saturated carbocycles. The van der Waals surface area contributed by atoms with Crippen LogP contribution < -0.4 is 9.64 Å². The van der Waals surface area contributed by atoms with Gasteiger partial charge in [0, 0.05) is 5.75 Å². The van der Waals surface area contributed by atoms with Gasteiger partial charge in [-0.2, -0.15) is 0 Å². The van der Waals surface area contributed by atoms with E-state index in [1.807, 2.05) is 30.3 Å². The molecule has 0 aliphatic carbocycles. The Labute approximate surface area is 254 Å². The molecule has 0 saturated heterocycles. The van der Waals surface area contributed by atoms with E-state index in [1.54, 1.807) is 49.4 Å². The third kappa shape index (κ3) is 6.08. The van der Waals surface area contributed by atoms with Crippen LogP contribution in [0.1, 0.15) is 39.0 Å². The molecule has 1 atom stereocenters. The van der Waals surface area contributed by atoms with Crippen molar-refractivity contribution in [3.05, 3.63) is 136 Å². The van der Waals surface area contributed by atoms with Gasteiger partial charge in [0.2, 0.25) is 10.9 Å². The molecule has 11 heteroatoms. The molecular formula is C32H24FN3O5S2. The molecule has 1 unspecified atom stereocenters. The maximum absolute atomic E-state index is 13.6. The standard InChI is InChI=1S/C32H24FN3O5S2/c1-19-7-16-25(41-19)28(37)26-27(22-10-14-24(15-11-22)40-17-20-5-3-2-4-6-20)36(30(39)29(26)38)31-34-35-32(43-31)42-18-21-8-12-23(33)13-9-21/h2-16,27,38H,17-18H2,1H3. The number of ketones is 1. The molecule has 0 bridgehead atoms. The molecule has 1 aliphatic heterocycles. The predicted molar refractivity (Wildman–Crippen MR) is 161 cm³/mol. The van der Waals surface area contributed by atoms with Crippen LogP contribution in [0.2, 0.25) is 0 Å². The van der Waals surface area contributed by atoms with Crippen molar-refractivity contribution in [1.82, 2.24) is 10.2 Å². The minimum atomic E-state index is -0.989. The van der Waals surface area contributed by atoms with Gasteiger partial charge in [-0.3, -0.25) is 14.5 Å². The second kappa shape index (κ2) is 12.2. The van der Waals surface area contributed by atoms with Crippen molar-refractivity contribution in [2.24, 2.45) is 0 Å². The van der Waals surface area contributed by atoms with Gasteiger partial charge in [-0.25, -0.2) is 4.39 Å². The Bertz CT molecular complexity index is 1800. The molecule has 3 aromatic carbocycles. The number of aliphatic hydroxyl groups excluding tert-OH is 1. The number of benzene rings is 3. The summed E-state index contributed by atoms with van der Waals surface area (Å²) < 4.78 is 25.3. The zero-order chi connectivity index (χ0) is 29.9. The van der Waals surface area contributed by atoms with E-state index in [-0.39, 0.29) is 22.3 Å². The largest absolute Gasteiger partial charge is 0.503 e. The summed E-state index contributed by atoms with van der Waals surface area (Å²) in [4.78, 5) is 28.4. The number of carbonyl (C=O) groups is 2. The molecule has 0 radical (unpaired) electrons. The average molecular weight is 614 g/mol. The van der Waals surface area contributed by atoms with E-state index < -0.39 is 23.5 Å². The van der Waals surface area contributed by atoms with Gasteiger partial charge in [0.25, 0.3) is 5.91 Å². The SMILES string of the molecule is Cc1ccc(C(=O)C2=C(O)C(=O)N(c3nnc(SCc4ccc(F)cc4)s3)C2c2ccc(OCc3ccccc3)cc2)o1. The first-order chi connectivity index (χ1) is 20.9. The highest BCUT2D eigenvalue weighted by molar-refractivity contribution is 8.00. The number of hydrogen-bond donors (Lipinski definition) is 1. The average Bonchev–Trinajstić information content (AvgIpc) is 3.74. The molecule has 5 aromatic rings. The minimum absolute atomic E-state index is 0.00863. The molecule has 3 heterocycles. The van der Waals surface area contributed by atoms with Crippen LogP contribution in [0.15, 0.2) is 111 Å². The van der Waals surface area contributed by atoms with Crippen molar-refractivity contribution in [1.29, 1.82) is 0 Å². The molecule has 2 aromatic heterocycles. The monoisotopic (exact) mass is 613 g/mol. The fraction of sp³-hybridized carbons (Fsp3) is 0.125. The fourth-order valence-electron chi connectivity index (χ4n) is 4.61. The van der Waals surface area contributed by atoms with Crippen LogP contribution in [0.4, 0.5) is 9.52 Å². The van der Waals surface area contributed by atoms with E-state index >= 15 is 0 Å². The van der Waals surface area contributed by atoms with E-state index in [2.05, 4.69) is 10.2 Å². The lowest BCUT2D eigenvalue weighted by atomic mass is 9.95. The normalized spacial score (nSPS) is 14.9. The fourth-order valence-corrected chi connectivity index (χ4v) is 6.43. The molecule has 1 aliphatic rings. The molecule has 6 rings (SSSR count). The van der Waals surface area contributed by atoms with E-state index in [0.29, 0.717) is 33.8 Å². The number of aryl methyl sites for hydroxylation is 1. The number of rotatable bonds is 10. The minimum Gasteiger partial charge on any atom is -0.503 e. The Morgan fingerprint density at radius 1 is 1.00 bits per heavy atom. The molecule has 8 nitrogen and oxygen atoms in total. The third-order valence-corrected chi connectivity index (χ3v) is 8.87. The van der Waals surface area contributed by atoms with Crippen molar-refractivity contribution in [3.8, 4) is 5.75 Å². The first-order valence-electron chi connectivity index (χ1n) is 13.2. The van der Waals surface area contributed by atoms with Gasteiger partial charge in [0.15, 0.2) is 15.9 Å². The maximum Gasteiger partial charge on any atom is 0.296 e. The van der Waals surface area contributed by atoms with Gasteiger partial charge in [0.05, 0.1) is 11.6 Å². The van der Waals surface area contributed by atoms with Crippen LogP contribution in [0, 0.1) is 12.7 Å². The number of nitrogens with zero attached hydrogens (tertiary/aromatic N) is 3. The molecule has 216 valence electrons. The van der Waals surface area contributed by atoms with Crippen molar-refractivity contribution < 1.29 is 28.2 Å². The van der Waals surface area contributed by atoms with E-state index in [1.165, 1.54) is 34.9 Å². The molecular weight excluding hydrogens is 590 g/mol. The van der Waals surface area contributed by atoms with Gasteiger partial charge >= 0.3 is 0 Å². The summed E-state index contributed by atoms with van der Waals surface area (Å²) in [6, 6.07) is 25.0. The van der Waals surface area contributed by atoms with Crippen molar-refractivity contribution in [2.45, 2.75) is 29.7 Å². The Morgan fingerprint density at radius 3 is 2.44 bits per heavy atom. The smallest absolute Gasteiger partial charge is 0.296 e. The van der Waals surface area contributed by atoms with Crippen LogP contribution in [-0.4, -0.2) is 27.0 Å². The number of carbonyl (C=O) groups excluding carboxylic acids is 2. The lowest BCUT2D eigenvalue weighted by molar-refractivity contribution is -0.117. The highest BCUT2D eigenvalue weighted by Crippen LogP contribution is 2.44. The Balaban J connectivity index is 1.29. The van der Waals surface area contributed by atoms with Gasteiger partial charge in [-0.05, 0) is 60.0 Å². The topological polar surface area (TPSA) is 106 Å². The van der Waals surface area contributed by atoms with Crippen LogP contribution in [0.3, 0.4) is 0 Å². The van der Waals surface area contributed by atoms with Crippen LogP contribution in [0.5, 0.6) is 5.75 Å². The zero-order valence-corrected chi connectivity index (χ0v) is 24.4. The number of hydrogen-bond acceptors (Lipinski definition) is 9. The van der Waals surface area contributed by atoms with Gasteiger partial charge in [0.1, 0.15) is 23.9 Å². The summed E-state index contributed by atoms with van der Waals surface area (Å²) in [6.07, 6.45) is 0. The van der Waals surface area contributed by atoms with E-state index in [9.17, 15) is 19.1 Å². The molecule has 1 amide bonds. The summed E-state index contributed by atoms with van der Waals surface area (Å²) in [7, 11) is 0. The summed E-state index contributed by atoms with van der Waals surface area (Å²) in [5.74, 6) is -0.725. The second-order valence-corrected chi connectivity index (χ2v) is 11.9. The number of ether oxygens (including phenoxy) is 1. The highest BCUT2D eigenvalue weighted by atomic mass is 32.2. The Hall–Kier alpha value is -4.74. The summed E-state index contributed by atoms with van der Waals surface area (Å²) >= 11 is 2.53. The number of amides is 1. The molecule has 0 spiro atoms. The maximum atomic E-state index is 13.6. The quantitative estimate of drug-likeness (QED) is 0.0999. The number of thioether (sulfide) groups is 1. The van der Waals surface area contributed by atoms with Crippen molar-refractivity contribution >= 4 is 39.9 Å². The van der Waals surface area contributed by atoms with Gasteiger partial charge in [-0.1, -0.05) is 77.7 Å². The lowest BCUT2D eigenvalue weighted by Crippen LogP contribution is -2.31. The predicted octanol–water partition coefficient (Wildman–Crippen LogP) is 7.23. The summed E-state index contributed by atoms with van der Waals surface area (Å²) in [5.41, 5.74) is 2.35. The number of aromatic nitrogens is 2. The second-order valence-electron chi connectivity index (χ2n) is 9.69. The number of Topliss-reactive ketones (excluding diaryl/α,β-unsaturated/α-hetero) is 1. The summed E-state index contributed by atoms with van der Waals surface area (Å²) in [6.45, 7) is 2.08. The first-order valence-corrected chi connectivity index (χ1v) is 15.0.